The van der Waals surface area contributed by atoms with E-state index in [-0.39, 0.29) is 11.5 Å². The van der Waals surface area contributed by atoms with E-state index in [1.54, 1.807) is 12.1 Å². The van der Waals surface area contributed by atoms with Crippen molar-refractivity contribution in [2.45, 2.75) is 26.7 Å². The number of anilines is 1. The molecule has 5 heteroatoms. The van der Waals surface area contributed by atoms with E-state index in [1.807, 2.05) is 26.0 Å². The lowest BCUT2D eigenvalue weighted by molar-refractivity contribution is -0.117. The molecule has 4 nitrogen and oxygen atoms in total. The molecule has 0 aromatic heterocycles. The van der Waals surface area contributed by atoms with Crippen LogP contribution in [0.4, 0.5) is 5.69 Å². The molecule has 0 radical (unpaired) electrons. The first-order valence-corrected chi connectivity index (χ1v) is 6.87. The van der Waals surface area contributed by atoms with Gasteiger partial charge in [0.05, 0.1) is 0 Å². The average molecular weight is 292 g/mol. The van der Waals surface area contributed by atoms with Crippen LogP contribution >= 0.6 is 11.6 Å². The van der Waals surface area contributed by atoms with Gasteiger partial charge in [-0.2, -0.15) is 5.26 Å². The largest absolute Gasteiger partial charge is 0.360 e. The van der Waals surface area contributed by atoms with Crippen molar-refractivity contribution >= 4 is 23.2 Å². The summed E-state index contributed by atoms with van der Waals surface area (Å²) in [5.74, 6) is -0.361. The predicted molar refractivity (Wildman–Crippen MR) is 81.4 cm³/mol. The Bertz CT molecular complexity index is 547. The number of nitrogens with one attached hydrogen (secondary N) is 2. The van der Waals surface area contributed by atoms with Gasteiger partial charge in [0.15, 0.2) is 0 Å². The molecular formula is C15H18ClN3O. The summed E-state index contributed by atoms with van der Waals surface area (Å²) in [5, 5.41) is 15.3. The van der Waals surface area contributed by atoms with E-state index in [2.05, 4.69) is 10.6 Å². The third-order valence-corrected chi connectivity index (χ3v) is 2.98. The molecule has 0 aliphatic carbocycles. The third kappa shape index (κ3) is 4.94. The molecule has 1 rings (SSSR count). The van der Waals surface area contributed by atoms with Crippen LogP contribution in [0.3, 0.4) is 0 Å². The maximum Gasteiger partial charge on any atom is 0.263 e. The van der Waals surface area contributed by atoms with Crippen molar-refractivity contribution in [3.63, 3.8) is 0 Å². The van der Waals surface area contributed by atoms with Crippen LogP contribution in [-0.2, 0) is 4.79 Å². The highest BCUT2D eigenvalue weighted by atomic mass is 35.5. The second-order valence-electron chi connectivity index (χ2n) is 4.38. The molecule has 1 amide bonds. The van der Waals surface area contributed by atoms with Crippen molar-refractivity contribution in [2.24, 2.45) is 0 Å². The standard InChI is InChI=1S/C15H18ClN3O/c1-3-4-7-18-15(20)12(9-17)10-19-14-6-5-13(16)8-11(14)2/h5-6,8,10,19H,3-4,7H2,1-2H3,(H,18,20)/b12-10-. The normalized spacial score (nSPS) is 10.8. The van der Waals surface area contributed by atoms with Crippen molar-refractivity contribution in [1.82, 2.24) is 5.32 Å². The maximum atomic E-state index is 11.7. The molecule has 0 aliphatic heterocycles. The molecule has 0 heterocycles. The van der Waals surface area contributed by atoms with Gasteiger partial charge in [0.1, 0.15) is 11.6 Å². The first-order chi connectivity index (χ1) is 9.58. The lowest BCUT2D eigenvalue weighted by Gasteiger charge is -2.07. The fourth-order valence-corrected chi connectivity index (χ4v) is 1.79. The summed E-state index contributed by atoms with van der Waals surface area (Å²) in [4.78, 5) is 11.7. The minimum atomic E-state index is -0.361. The highest BCUT2D eigenvalue weighted by molar-refractivity contribution is 6.30. The molecule has 0 spiro atoms. The molecule has 0 atom stereocenters. The molecule has 0 aliphatic rings. The van der Waals surface area contributed by atoms with E-state index in [1.165, 1.54) is 6.20 Å². The van der Waals surface area contributed by atoms with Crippen molar-refractivity contribution in [1.29, 1.82) is 5.26 Å². The number of nitrogens with zero attached hydrogens (tertiary/aromatic N) is 1. The van der Waals surface area contributed by atoms with Crippen molar-refractivity contribution < 1.29 is 4.79 Å². The summed E-state index contributed by atoms with van der Waals surface area (Å²) in [7, 11) is 0. The number of nitriles is 1. The van der Waals surface area contributed by atoms with Gasteiger partial charge < -0.3 is 10.6 Å². The van der Waals surface area contributed by atoms with Crippen LogP contribution in [0, 0.1) is 18.3 Å². The van der Waals surface area contributed by atoms with E-state index < -0.39 is 0 Å². The molecule has 0 saturated heterocycles. The molecular weight excluding hydrogens is 274 g/mol. The topological polar surface area (TPSA) is 64.9 Å². The number of hydrogen-bond acceptors (Lipinski definition) is 3. The second kappa shape index (κ2) is 8.23. The van der Waals surface area contributed by atoms with E-state index >= 15 is 0 Å². The van der Waals surface area contributed by atoms with Gasteiger partial charge in [0, 0.05) is 23.5 Å². The Morgan fingerprint density at radius 1 is 1.50 bits per heavy atom. The number of rotatable bonds is 6. The lowest BCUT2D eigenvalue weighted by atomic mass is 10.2. The SMILES string of the molecule is CCCCNC(=O)/C(C#N)=C\Nc1ccc(Cl)cc1C. The minimum Gasteiger partial charge on any atom is -0.360 e. The first kappa shape index (κ1) is 16.1. The van der Waals surface area contributed by atoms with Crippen molar-refractivity contribution in [3.05, 3.63) is 40.6 Å². The minimum absolute atomic E-state index is 0.0513. The lowest BCUT2D eigenvalue weighted by Crippen LogP contribution is -2.25. The van der Waals surface area contributed by atoms with E-state index in [4.69, 9.17) is 16.9 Å². The Hall–Kier alpha value is -1.99. The highest BCUT2D eigenvalue weighted by Gasteiger charge is 2.07. The maximum absolute atomic E-state index is 11.7. The van der Waals surface area contributed by atoms with Gasteiger partial charge in [0.2, 0.25) is 0 Å². The number of carbonyl (C=O) groups is 1. The first-order valence-electron chi connectivity index (χ1n) is 6.49. The zero-order valence-electron chi connectivity index (χ0n) is 11.7. The van der Waals surface area contributed by atoms with Crippen LogP contribution in [-0.4, -0.2) is 12.5 Å². The zero-order valence-corrected chi connectivity index (χ0v) is 12.4. The van der Waals surface area contributed by atoms with Gasteiger partial charge in [-0.05, 0) is 37.1 Å². The van der Waals surface area contributed by atoms with Gasteiger partial charge in [-0.15, -0.1) is 0 Å². The van der Waals surface area contributed by atoms with Crippen LogP contribution in [0.25, 0.3) is 0 Å². The number of unbranched alkanes of at least 4 members (excludes halogenated alkanes) is 1. The van der Waals surface area contributed by atoms with Gasteiger partial charge in [-0.3, -0.25) is 4.79 Å². The number of carbonyl (C=O) groups excluding carboxylic acids is 1. The van der Waals surface area contributed by atoms with Gasteiger partial charge in [-0.25, -0.2) is 0 Å². The van der Waals surface area contributed by atoms with Gasteiger partial charge in [-0.1, -0.05) is 24.9 Å². The fourth-order valence-electron chi connectivity index (χ4n) is 1.56. The third-order valence-electron chi connectivity index (χ3n) is 2.74. The second-order valence-corrected chi connectivity index (χ2v) is 4.82. The monoisotopic (exact) mass is 291 g/mol. The van der Waals surface area contributed by atoms with Crippen LogP contribution in [0.5, 0.6) is 0 Å². The fraction of sp³-hybridized carbons (Fsp3) is 0.333. The summed E-state index contributed by atoms with van der Waals surface area (Å²) < 4.78 is 0. The molecule has 106 valence electrons. The Morgan fingerprint density at radius 3 is 2.85 bits per heavy atom. The van der Waals surface area contributed by atoms with Gasteiger partial charge in [0.25, 0.3) is 5.91 Å². The Morgan fingerprint density at radius 2 is 2.25 bits per heavy atom. The average Bonchev–Trinajstić information content (AvgIpc) is 2.42. The molecule has 0 bridgehead atoms. The van der Waals surface area contributed by atoms with Crippen molar-refractivity contribution in [3.8, 4) is 6.07 Å². The summed E-state index contributed by atoms with van der Waals surface area (Å²) >= 11 is 5.87. The number of amides is 1. The molecule has 20 heavy (non-hydrogen) atoms. The molecule has 0 unspecified atom stereocenters. The summed E-state index contributed by atoms with van der Waals surface area (Å²) in [6, 6.07) is 7.25. The smallest absolute Gasteiger partial charge is 0.263 e. The van der Waals surface area contributed by atoms with Crippen molar-refractivity contribution in [2.75, 3.05) is 11.9 Å². The number of aryl methyl sites for hydroxylation is 1. The summed E-state index contributed by atoms with van der Waals surface area (Å²) in [5.41, 5.74) is 1.80. The molecule has 0 saturated carbocycles. The summed E-state index contributed by atoms with van der Waals surface area (Å²) in [6.45, 7) is 4.52. The van der Waals surface area contributed by atoms with Crippen LogP contribution in [0.15, 0.2) is 30.0 Å². The molecule has 2 N–H and O–H groups in total. The Labute approximate surface area is 124 Å². The Kier molecular flexibility index (Phi) is 6.61. The number of benzene rings is 1. The predicted octanol–water partition coefficient (Wildman–Crippen LogP) is 3.38. The van der Waals surface area contributed by atoms with Crippen LogP contribution in [0.2, 0.25) is 5.02 Å². The van der Waals surface area contributed by atoms with E-state index in [0.717, 1.165) is 24.1 Å². The zero-order chi connectivity index (χ0) is 15.0. The van der Waals surface area contributed by atoms with Crippen LogP contribution < -0.4 is 10.6 Å². The van der Waals surface area contributed by atoms with E-state index in [0.29, 0.717) is 11.6 Å². The number of halogens is 1. The molecule has 1 aromatic rings. The molecule has 0 fully saturated rings. The quantitative estimate of drug-likeness (QED) is 0.480. The summed E-state index contributed by atoms with van der Waals surface area (Å²) in [6.07, 6.45) is 3.31. The highest BCUT2D eigenvalue weighted by Crippen LogP contribution is 2.19. The van der Waals surface area contributed by atoms with E-state index in [9.17, 15) is 4.79 Å². The van der Waals surface area contributed by atoms with Crippen LogP contribution in [0.1, 0.15) is 25.3 Å². The van der Waals surface area contributed by atoms with Gasteiger partial charge >= 0.3 is 0 Å². The Balaban J connectivity index is 2.70. The number of hydrogen-bond donors (Lipinski definition) is 2. The molecule has 1 aromatic carbocycles.